The van der Waals surface area contributed by atoms with E-state index in [0.29, 0.717) is 5.56 Å². The van der Waals surface area contributed by atoms with E-state index in [0.717, 1.165) is 22.1 Å². The highest BCUT2D eigenvalue weighted by atomic mass is 15.0. The topological polar surface area (TPSA) is 33.6 Å². The van der Waals surface area contributed by atoms with Crippen LogP contribution in [0, 0.1) is 11.3 Å². The maximum absolute atomic E-state index is 9.49. The Morgan fingerprint density at radius 2 is 1.06 bits per heavy atom. The van der Waals surface area contributed by atoms with Crippen LogP contribution >= 0.6 is 0 Å². The van der Waals surface area contributed by atoms with E-state index < -0.39 is 0 Å². The maximum Gasteiger partial charge on any atom is 0.0991 e. The summed E-state index contributed by atoms with van der Waals surface area (Å²) in [5.41, 5.74) is 10.1. The normalized spacial score (nSPS) is 11.7. The molecule has 3 heteroatoms. The number of benzene rings is 8. The fourth-order valence-electron chi connectivity index (χ4n) is 7.79. The Bertz CT molecular complexity index is 2950. The Morgan fingerprint density at radius 3 is 1.92 bits per heavy atom. The predicted octanol–water partition coefficient (Wildman–Crippen LogP) is 11.7. The molecule has 10 rings (SSSR count). The molecule has 0 fully saturated rings. The third kappa shape index (κ3) is 3.81. The molecule has 0 spiro atoms. The first-order chi connectivity index (χ1) is 23.8. The van der Waals surface area contributed by atoms with Crippen LogP contribution < -0.4 is 0 Å². The van der Waals surface area contributed by atoms with Crippen LogP contribution in [-0.4, -0.2) is 9.13 Å². The lowest BCUT2D eigenvalue weighted by atomic mass is 9.98. The zero-order valence-electron chi connectivity index (χ0n) is 25.9. The molecule has 0 bridgehead atoms. The average molecular weight is 610 g/mol. The number of nitriles is 1. The molecule has 0 unspecified atom stereocenters. The highest BCUT2D eigenvalue weighted by molar-refractivity contribution is 6.17. The largest absolute Gasteiger partial charge is 0.309 e. The minimum atomic E-state index is 0.676. The molecule has 0 aliphatic heterocycles. The van der Waals surface area contributed by atoms with Gasteiger partial charge in [0, 0.05) is 32.9 Å². The summed E-state index contributed by atoms with van der Waals surface area (Å²) in [7, 11) is 0. The second-order valence-corrected chi connectivity index (χ2v) is 12.5. The van der Waals surface area contributed by atoms with Crippen molar-refractivity contribution in [2.75, 3.05) is 0 Å². The number of hydrogen-bond acceptors (Lipinski definition) is 1. The van der Waals surface area contributed by atoms with E-state index in [1.54, 1.807) is 0 Å². The molecule has 0 atom stereocenters. The lowest BCUT2D eigenvalue weighted by Gasteiger charge is -2.12. The van der Waals surface area contributed by atoms with Gasteiger partial charge in [0.2, 0.25) is 0 Å². The van der Waals surface area contributed by atoms with Gasteiger partial charge in [-0.3, -0.25) is 0 Å². The Hall–Kier alpha value is -6.63. The fourth-order valence-corrected chi connectivity index (χ4v) is 7.79. The van der Waals surface area contributed by atoms with Crippen molar-refractivity contribution < 1.29 is 0 Å². The number of aromatic nitrogens is 2. The zero-order chi connectivity index (χ0) is 31.8. The lowest BCUT2D eigenvalue weighted by Crippen LogP contribution is -1.94. The van der Waals surface area contributed by atoms with E-state index in [2.05, 4.69) is 167 Å². The van der Waals surface area contributed by atoms with E-state index in [1.165, 1.54) is 65.5 Å². The van der Waals surface area contributed by atoms with Gasteiger partial charge in [-0.05, 0) is 93.3 Å². The number of nitrogens with zero attached hydrogens (tertiary/aromatic N) is 3. The van der Waals surface area contributed by atoms with Crippen molar-refractivity contribution in [3.63, 3.8) is 0 Å². The lowest BCUT2D eigenvalue weighted by molar-refractivity contribution is 1.18. The number of para-hydroxylation sites is 3. The number of fused-ring (bicyclic) bond motifs is 9. The van der Waals surface area contributed by atoms with Gasteiger partial charge in [0.05, 0.1) is 33.7 Å². The molecular formula is C45H27N3. The molecule has 0 saturated carbocycles. The van der Waals surface area contributed by atoms with Gasteiger partial charge in [-0.25, -0.2) is 0 Å². The second-order valence-electron chi connectivity index (χ2n) is 12.5. The maximum atomic E-state index is 9.49. The highest BCUT2D eigenvalue weighted by Crippen LogP contribution is 2.41. The molecule has 8 aromatic carbocycles. The van der Waals surface area contributed by atoms with E-state index >= 15 is 0 Å². The van der Waals surface area contributed by atoms with Gasteiger partial charge in [-0.15, -0.1) is 0 Å². The van der Waals surface area contributed by atoms with Crippen molar-refractivity contribution >= 4 is 65.2 Å². The summed E-state index contributed by atoms with van der Waals surface area (Å²) < 4.78 is 4.78. The Kier molecular flexibility index (Phi) is 5.64. The van der Waals surface area contributed by atoms with Crippen LogP contribution in [0.5, 0.6) is 0 Å². The quantitative estimate of drug-likeness (QED) is 0.183. The van der Waals surface area contributed by atoms with E-state index in [-0.39, 0.29) is 0 Å². The van der Waals surface area contributed by atoms with E-state index in [9.17, 15) is 5.26 Å². The minimum Gasteiger partial charge on any atom is -0.309 e. The molecule has 0 radical (unpaired) electrons. The van der Waals surface area contributed by atoms with Crippen molar-refractivity contribution in [1.29, 1.82) is 5.26 Å². The van der Waals surface area contributed by atoms with Gasteiger partial charge in [0.15, 0.2) is 0 Å². The fraction of sp³-hybridized carbons (Fsp3) is 0. The van der Waals surface area contributed by atoms with Crippen molar-refractivity contribution in [2.45, 2.75) is 0 Å². The van der Waals surface area contributed by atoms with Gasteiger partial charge in [0.25, 0.3) is 0 Å². The van der Waals surface area contributed by atoms with Gasteiger partial charge in [-0.2, -0.15) is 5.26 Å². The van der Waals surface area contributed by atoms with E-state index in [1.807, 2.05) is 12.1 Å². The summed E-state index contributed by atoms with van der Waals surface area (Å²) >= 11 is 0. The SMILES string of the molecule is N#Cc1ccc2c(ccc3ccc(-n4c5ccccc5c5ccc(-c6cccc7c6c6ccccc6n7-c6ccccc6)cc54)cc32)c1. The monoisotopic (exact) mass is 609 g/mol. The van der Waals surface area contributed by atoms with Gasteiger partial charge >= 0.3 is 0 Å². The molecule has 0 aliphatic rings. The molecule has 10 aromatic rings. The van der Waals surface area contributed by atoms with Crippen molar-refractivity contribution in [3.05, 3.63) is 169 Å². The summed E-state index contributed by atoms with van der Waals surface area (Å²) in [5, 5.41) is 19.0. The molecule has 2 heterocycles. The number of rotatable bonds is 3. The van der Waals surface area contributed by atoms with Crippen LogP contribution in [-0.2, 0) is 0 Å². The summed E-state index contributed by atoms with van der Waals surface area (Å²) in [6.07, 6.45) is 0. The van der Waals surface area contributed by atoms with Crippen LogP contribution in [0.4, 0.5) is 0 Å². The molecule has 3 nitrogen and oxygen atoms in total. The average Bonchev–Trinajstić information content (AvgIpc) is 3.67. The molecule has 2 aromatic heterocycles. The Morgan fingerprint density at radius 1 is 0.396 bits per heavy atom. The molecular weight excluding hydrogens is 583 g/mol. The Labute approximate surface area is 276 Å². The van der Waals surface area contributed by atoms with Crippen LogP contribution in [0.25, 0.3) is 87.7 Å². The van der Waals surface area contributed by atoms with Crippen molar-refractivity contribution in [1.82, 2.24) is 9.13 Å². The molecule has 0 saturated heterocycles. The standard InChI is InChI=1S/C45H27N3/c46-28-29-17-23-35-31(25-29)19-18-30-20-22-34(27-40(30)35)48-41-14-6-4-11-37(41)38-24-21-32(26-44(38)48)36-13-8-16-43-45(36)39-12-5-7-15-42(39)47(43)33-9-2-1-3-10-33/h1-27H. The first-order valence-corrected chi connectivity index (χ1v) is 16.2. The Balaban J connectivity index is 1.25. The van der Waals surface area contributed by atoms with Crippen LogP contribution in [0.15, 0.2) is 164 Å². The molecule has 222 valence electrons. The highest BCUT2D eigenvalue weighted by Gasteiger charge is 2.18. The smallest absolute Gasteiger partial charge is 0.0991 e. The first kappa shape index (κ1) is 26.6. The van der Waals surface area contributed by atoms with Gasteiger partial charge in [-0.1, -0.05) is 103 Å². The molecule has 0 N–H and O–H groups in total. The third-order valence-electron chi connectivity index (χ3n) is 9.91. The van der Waals surface area contributed by atoms with Crippen molar-refractivity contribution in [3.8, 4) is 28.6 Å². The molecule has 0 aliphatic carbocycles. The molecule has 48 heavy (non-hydrogen) atoms. The summed E-state index contributed by atoms with van der Waals surface area (Å²) in [6.45, 7) is 0. The first-order valence-electron chi connectivity index (χ1n) is 16.2. The van der Waals surface area contributed by atoms with Crippen molar-refractivity contribution in [2.24, 2.45) is 0 Å². The second kappa shape index (κ2) is 10.2. The predicted molar refractivity (Wildman–Crippen MR) is 200 cm³/mol. The summed E-state index contributed by atoms with van der Waals surface area (Å²) in [6, 6.07) is 60.9. The third-order valence-corrected chi connectivity index (χ3v) is 9.91. The molecule has 0 amide bonds. The van der Waals surface area contributed by atoms with Gasteiger partial charge in [0.1, 0.15) is 0 Å². The van der Waals surface area contributed by atoms with E-state index in [4.69, 9.17) is 0 Å². The van der Waals surface area contributed by atoms with Crippen LogP contribution in [0.2, 0.25) is 0 Å². The minimum absolute atomic E-state index is 0.676. The van der Waals surface area contributed by atoms with Crippen LogP contribution in [0.3, 0.4) is 0 Å². The van der Waals surface area contributed by atoms with Crippen LogP contribution in [0.1, 0.15) is 5.56 Å². The summed E-state index contributed by atoms with van der Waals surface area (Å²) in [5.74, 6) is 0. The number of hydrogen-bond donors (Lipinski definition) is 0. The zero-order valence-corrected chi connectivity index (χ0v) is 25.9. The van der Waals surface area contributed by atoms with Gasteiger partial charge < -0.3 is 9.13 Å². The summed E-state index contributed by atoms with van der Waals surface area (Å²) in [4.78, 5) is 0.